The van der Waals surface area contributed by atoms with Crippen molar-refractivity contribution in [1.82, 2.24) is 14.5 Å². The van der Waals surface area contributed by atoms with E-state index in [2.05, 4.69) is 26.1 Å². The minimum Gasteiger partial charge on any atom is -0.344 e. The van der Waals surface area contributed by atoms with Crippen LogP contribution in [0.4, 0.5) is 0 Å². The first-order chi connectivity index (χ1) is 11.6. The van der Waals surface area contributed by atoms with E-state index >= 15 is 0 Å². The van der Waals surface area contributed by atoms with Crippen LogP contribution < -0.4 is 16.6 Å². The van der Waals surface area contributed by atoms with E-state index in [-0.39, 0.29) is 22.9 Å². The van der Waals surface area contributed by atoms with Gasteiger partial charge in [-0.05, 0) is 22.9 Å². The molecule has 1 atom stereocenters. The van der Waals surface area contributed by atoms with Gasteiger partial charge in [-0.15, -0.1) is 11.3 Å². The van der Waals surface area contributed by atoms with Crippen LogP contribution in [-0.4, -0.2) is 15.0 Å². The zero-order chi connectivity index (χ0) is 18.8. The van der Waals surface area contributed by atoms with Crippen LogP contribution >= 0.6 is 11.3 Å². The summed E-state index contributed by atoms with van der Waals surface area (Å²) in [6.45, 7) is 6.18. The zero-order valence-electron chi connectivity index (χ0n) is 15.1. The van der Waals surface area contributed by atoms with E-state index in [1.807, 2.05) is 17.5 Å². The molecule has 2 rings (SSSR count). The molecule has 6 nitrogen and oxygen atoms in total. The Balaban J connectivity index is 2.23. The lowest BCUT2D eigenvalue weighted by Crippen LogP contribution is -2.37. The molecule has 1 amide bonds. The molecule has 1 N–H and O–H groups in total. The predicted molar refractivity (Wildman–Crippen MR) is 101 cm³/mol. The van der Waals surface area contributed by atoms with Crippen molar-refractivity contribution in [2.24, 2.45) is 19.5 Å². The molecule has 2 aromatic heterocycles. The van der Waals surface area contributed by atoms with E-state index in [4.69, 9.17) is 0 Å². The van der Waals surface area contributed by atoms with Gasteiger partial charge in [0.1, 0.15) is 0 Å². The van der Waals surface area contributed by atoms with Crippen molar-refractivity contribution in [2.75, 3.05) is 0 Å². The van der Waals surface area contributed by atoms with Crippen molar-refractivity contribution in [3.8, 4) is 0 Å². The number of hydrogen-bond acceptors (Lipinski definition) is 4. The van der Waals surface area contributed by atoms with Gasteiger partial charge in [-0.1, -0.05) is 26.8 Å². The molecule has 1 unspecified atom stereocenters. The molecule has 2 heterocycles. The number of carbonyl (C=O) groups excluding carboxylic acids is 1. The minimum absolute atomic E-state index is 0.132. The average Bonchev–Trinajstić information content (AvgIpc) is 3.05. The van der Waals surface area contributed by atoms with Gasteiger partial charge in [-0.2, -0.15) is 0 Å². The summed E-state index contributed by atoms with van der Waals surface area (Å²) in [7, 11) is 2.97. The molecule has 0 saturated carbocycles. The molecule has 0 fully saturated rings. The first-order valence-electron chi connectivity index (χ1n) is 7.90. The molecule has 7 heteroatoms. The second-order valence-corrected chi connectivity index (χ2v) is 7.98. The summed E-state index contributed by atoms with van der Waals surface area (Å²) >= 11 is 1.59. The fourth-order valence-corrected chi connectivity index (χ4v) is 3.50. The quantitative estimate of drug-likeness (QED) is 0.847. The van der Waals surface area contributed by atoms with Crippen molar-refractivity contribution < 1.29 is 4.79 Å². The van der Waals surface area contributed by atoms with Crippen molar-refractivity contribution in [3.05, 3.63) is 61.1 Å². The maximum atomic E-state index is 12.3. The fraction of sp³-hybridized carbons (Fsp3) is 0.389. The third-order valence-corrected chi connectivity index (χ3v) is 4.80. The SMILES string of the molecule is Cn1cc(/C=C/C(=O)NC(c2cccs2)C(C)(C)C)c(=O)n(C)c1=O. The van der Waals surface area contributed by atoms with Gasteiger partial charge in [0.15, 0.2) is 0 Å². The lowest BCUT2D eigenvalue weighted by atomic mass is 9.85. The van der Waals surface area contributed by atoms with Crippen molar-refractivity contribution in [2.45, 2.75) is 26.8 Å². The molecule has 0 saturated heterocycles. The van der Waals surface area contributed by atoms with Crippen molar-refractivity contribution in [3.63, 3.8) is 0 Å². The van der Waals surface area contributed by atoms with Crippen LogP contribution in [0.1, 0.15) is 37.3 Å². The van der Waals surface area contributed by atoms with E-state index in [0.29, 0.717) is 0 Å². The van der Waals surface area contributed by atoms with Crippen LogP contribution in [0.15, 0.2) is 39.4 Å². The number of nitrogens with zero attached hydrogens (tertiary/aromatic N) is 2. The highest BCUT2D eigenvalue weighted by atomic mass is 32.1. The predicted octanol–water partition coefficient (Wildman–Crippen LogP) is 2.06. The standard InChI is InChI=1S/C18H23N3O3S/c1-18(2,3)15(13-7-6-10-25-13)19-14(22)9-8-12-11-20(4)17(24)21(5)16(12)23/h6-11,15H,1-5H3,(H,19,22)/b9-8+. The molecular weight excluding hydrogens is 338 g/mol. The second-order valence-electron chi connectivity index (χ2n) is 7.00. The Kier molecular flexibility index (Phi) is 5.47. The smallest absolute Gasteiger partial charge is 0.330 e. The van der Waals surface area contributed by atoms with Crippen LogP contribution in [0.25, 0.3) is 6.08 Å². The van der Waals surface area contributed by atoms with Crippen LogP contribution in [0.3, 0.4) is 0 Å². The van der Waals surface area contributed by atoms with Gasteiger partial charge in [0.2, 0.25) is 5.91 Å². The molecule has 0 aliphatic rings. The Morgan fingerprint density at radius 1 is 1.28 bits per heavy atom. The van der Waals surface area contributed by atoms with Gasteiger partial charge in [-0.25, -0.2) is 4.79 Å². The third kappa shape index (κ3) is 4.36. The molecule has 25 heavy (non-hydrogen) atoms. The lowest BCUT2D eigenvalue weighted by molar-refractivity contribution is -0.117. The molecule has 0 aromatic carbocycles. The highest BCUT2D eigenvalue weighted by Crippen LogP contribution is 2.35. The molecule has 0 aliphatic carbocycles. The summed E-state index contributed by atoms with van der Waals surface area (Å²) in [5, 5.41) is 4.97. The van der Waals surface area contributed by atoms with E-state index in [1.165, 1.54) is 30.0 Å². The largest absolute Gasteiger partial charge is 0.344 e. The summed E-state index contributed by atoms with van der Waals surface area (Å²) < 4.78 is 2.32. The number of nitrogens with one attached hydrogen (secondary N) is 1. The van der Waals surface area contributed by atoms with E-state index in [0.717, 1.165) is 9.44 Å². The summed E-state index contributed by atoms with van der Waals surface area (Å²) in [6, 6.07) is 3.81. The number of carbonyl (C=O) groups is 1. The highest BCUT2D eigenvalue weighted by molar-refractivity contribution is 7.10. The van der Waals surface area contributed by atoms with Crippen molar-refractivity contribution in [1.29, 1.82) is 0 Å². The summed E-state index contributed by atoms with van der Waals surface area (Å²) in [6.07, 6.45) is 4.19. The summed E-state index contributed by atoms with van der Waals surface area (Å²) in [4.78, 5) is 37.2. The Labute approximate surface area is 150 Å². The zero-order valence-corrected chi connectivity index (χ0v) is 15.9. The van der Waals surface area contributed by atoms with Gasteiger partial charge in [-0.3, -0.25) is 14.2 Å². The maximum Gasteiger partial charge on any atom is 0.330 e. The summed E-state index contributed by atoms with van der Waals surface area (Å²) in [5.74, 6) is -0.288. The van der Waals surface area contributed by atoms with Crippen molar-refractivity contribution >= 4 is 23.3 Å². The number of amides is 1. The molecule has 0 radical (unpaired) electrons. The van der Waals surface area contributed by atoms with Gasteiger partial charge >= 0.3 is 5.69 Å². The average molecular weight is 361 g/mol. The van der Waals surface area contributed by atoms with Crippen LogP contribution in [0.2, 0.25) is 0 Å². The van der Waals surface area contributed by atoms with Crippen LogP contribution in [0.5, 0.6) is 0 Å². The monoisotopic (exact) mass is 361 g/mol. The van der Waals surface area contributed by atoms with E-state index in [9.17, 15) is 14.4 Å². The molecule has 0 bridgehead atoms. The van der Waals surface area contributed by atoms with Gasteiger partial charge in [0.05, 0.1) is 11.6 Å². The minimum atomic E-state index is -0.433. The number of aromatic nitrogens is 2. The fourth-order valence-electron chi connectivity index (χ4n) is 2.48. The Morgan fingerprint density at radius 3 is 2.52 bits per heavy atom. The van der Waals surface area contributed by atoms with E-state index in [1.54, 1.807) is 18.4 Å². The molecule has 134 valence electrons. The Morgan fingerprint density at radius 2 is 1.96 bits per heavy atom. The molecule has 0 aliphatic heterocycles. The normalized spacial score (nSPS) is 13.2. The second kappa shape index (κ2) is 7.23. The van der Waals surface area contributed by atoms with Crippen LogP contribution in [-0.2, 0) is 18.9 Å². The van der Waals surface area contributed by atoms with Gasteiger partial charge < -0.3 is 9.88 Å². The van der Waals surface area contributed by atoms with Crippen LogP contribution in [0, 0.1) is 5.41 Å². The first kappa shape index (κ1) is 18.9. The number of thiophene rings is 1. The third-order valence-electron chi connectivity index (χ3n) is 3.87. The maximum absolute atomic E-state index is 12.3. The highest BCUT2D eigenvalue weighted by Gasteiger charge is 2.28. The van der Waals surface area contributed by atoms with Gasteiger partial charge in [0, 0.05) is 31.2 Å². The Hall–Kier alpha value is -2.41. The lowest BCUT2D eigenvalue weighted by Gasteiger charge is -2.30. The number of hydrogen-bond donors (Lipinski definition) is 1. The summed E-state index contributed by atoms with van der Waals surface area (Å²) in [5.41, 5.74) is -0.709. The first-order valence-corrected chi connectivity index (χ1v) is 8.78. The number of rotatable bonds is 4. The van der Waals surface area contributed by atoms with E-state index < -0.39 is 11.2 Å². The number of aryl methyl sites for hydroxylation is 1. The molecule has 0 spiro atoms. The molecular formula is C18H23N3O3S. The topological polar surface area (TPSA) is 73.1 Å². The van der Waals surface area contributed by atoms with Gasteiger partial charge in [0.25, 0.3) is 5.56 Å². The molecule has 2 aromatic rings. The Bertz CT molecular complexity index is 899.